The van der Waals surface area contributed by atoms with E-state index in [0.717, 1.165) is 63.8 Å². The molecule has 0 spiro atoms. The van der Waals surface area contributed by atoms with Crippen molar-refractivity contribution in [2.24, 2.45) is 0 Å². The minimum Gasteiger partial charge on any atom is -0.388 e. The number of non-ortho nitro benzene ring substituents is 2. The Labute approximate surface area is 299 Å². The Kier molecular flexibility index (Phi) is 11.8. The Morgan fingerprint density at radius 3 is 1.76 bits per heavy atom. The van der Waals surface area contributed by atoms with Crippen molar-refractivity contribution in [3.63, 3.8) is 0 Å². The third kappa shape index (κ3) is 9.43. The van der Waals surface area contributed by atoms with E-state index in [0.29, 0.717) is 24.8 Å². The Morgan fingerprint density at radius 1 is 0.765 bits per heavy atom. The lowest BCUT2D eigenvalue weighted by Gasteiger charge is -2.27. The maximum atomic E-state index is 13.1. The van der Waals surface area contributed by atoms with Gasteiger partial charge in [0.15, 0.2) is 0 Å². The predicted molar refractivity (Wildman–Crippen MR) is 190 cm³/mol. The van der Waals surface area contributed by atoms with Gasteiger partial charge in [-0.05, 0) is 72.2 Å². The van der Waals surface area contributed by atoms with E-state index in [4.69, 9.17) is 15.6 Å². The molecule has 0 saturated carbocycles. The monoisotopic (exact) mass is 732 g/mol. The van der Waals surface area contributed by atoms with Gasteiger partial charge in [-0.3, -0.25) is 20.2 Å². The molecule has 2 atom stereocenters. The largest absolute Gasteiger partial charge is 0.388 e. The summed E-state index contributed by atoms with van der Waals surface area (Å²) in [6.45, 7) is -0.392. The van der Waals surface area contributed by atoms with Gasteiger partial charge in [-0.15, -0.1) is 12.8 Å². The van der Waals surface area contributed by atoms with Crippen LogP contribution in [0.3, 0.4) is 0 Å². The molecule has 0 bridgehead atoms. The van der Waals surface area contributed by atoms with Crippen LogP contribution in [0.1, 0.15) is 49.9 Å². The molecule has 15 heteroatoms. The summed E-state index contributed by atoms with van der Waals surface area (Å²) in [5.41, 5.74) is 3.05. The van der Waals surface area contributed by atoms with Crippen molar-refractivity contribution >= 4 is 31.4 Å². The van der Waals surface area contributed by atoms with Gasteiger partial charge in [0.2, 0.25) is 20.0 Å². The predicted octanol–water partition coefficient (Wildman–Crippen LogP) is 5.08. The second kappa shape index (κ2) is 17.0. The summed E-state index contributed by atoms with van der Waals surface area (Å²) in [6, 6.07) is 22.4. The van der Waals surface area contributed by atoms with Crippen LogP contribution < -0.4 is 4.72 Å². The molecule has 13 nitrogen and oxygen atoms in total. The number of nitro benzene ring substituents is 2. The zero-order valence-electron chi connectivity index (χ0n) is 29.0. The van der Waals surface area contributed by atoms with Gasteiger partial charge >= 0.3 is 0 Å². The lowest BCUT2D eigenvalue weighted by Crippen LogP contribution is -2.34. The average Bonchev–Trinajstić information content (AvgIpc) is 3.66. The topological polar surface area (TPSA) is 190 Å². The SMILES string of the molecule is C#CCNS(=O)(=O)c1ccc([N+](=O)[O-])cc1.[2H]C1(N(CC#C)S(=O)(=O)c2ccc([N+](=O)[O-])cc2)CCc2ccccc21.[2H]C1(O)CCc2ccccc21. The fraction of sp³-hybridized carbons (Fsp3) is 0.222. The summed E-state index contributed by atoms with van der Waals surface area (Å²) < 4.78 is 68.8. The molecule has 4 aromatic rings. The summed E-state index contributed by atoms with van der Waals surface area (Å²) in [4.78, 5) is 19.7. The maximum Gasteiger partial charge on any atom is 0.269 e. The molecular formula is C36H34N4O9S2. The Balaban J connectivity index is 0.000000197. The summed E-state index contributed by atoms with van der Waals surface area (Å²) >= 11 is 0. The third-order valence-electron chi connectivity index (χ3n) is 7.81. The summed E-state index contributed by atoms with van der Waals surface area (Å²) in [5, 5.41) is 30.6. The maximum absolute atomic E-state index is 13.1. The standard InChI is InChI=1S/C18H16N2O4S.C9H8N2O4S.C9H10O/c1-2-13-19(18-12-7-14-5-3-4-6-17(14)18)25(23,24)16-10-8-15(9-11-16)20(21)22;1-2-7-10-16(14,15)9-5-3-8(4-6-9)11(12)13;10-9-6-5-7-3-1-2-4-8(7)9/h1,3-6,8-11,18H,7,12-13H2;1,3-6,10H,7H2;1-4,9-10H,5-6H2/i18D;;9D. The van der Waals surface area contributed by atoms with Gasteiger partial charge in [-0.1, -0.05) is 60.4 Å². The van der Waals surface area contributed by atoms with E-state index < -0.39 is 42.0 Å². The van der Waals surface area contributed by atoms with Crippen molar-refractivity contribution in [3.8, 4) is 24.7 Å². The van der Waals surface area contributed by atoms with Crippen molar-refractivity contribution in [3.05, 3.63) is 140 Å². The minimum atomic E-state index is -4.11. The highest BCUT2D eigenvalue weighted by Gasteiger charge is 2.36. The highest BCUT2D eigenvalue weighted by Crippen LogP contribution is 2.38. The summed E-state index contributed by atoms with van der Waals surface area (Å²) in [5.74, 6) is 4.45. The van der Waals surface area contributed by atoms with Gasteiger partial charge in [0.25, 0.3) is 11.4 Å². The van der Waals surface area contributed by atoms with Gasteiger partial charge in [-0.25, -0.2) is 16.8 Å². The number of hydrogen-bond acceptors (Lipinski definition) is 9. The van der Waals surface area contributed by atoms with E-state index in [-0.39, 0.29) is 34.3 Å². The van der Waals surface area contributed by atoms with Crippen LogP contribution in [0, 0.1) is 44.9 Å². The van der Waals surface area contributed by atoms with E-state index in [2.05, 4.69) is 16.6 Å². The number of nitro groups is 2. The van der Waals surface area contributed by atoms with Crippen molar-refractivity contribution in [2.75, 3.05) is 13.1 Å². The van der Waals surface area contributed by atoms with E-state index >= 15 is 0 Å². The van der Waals surface area contributed by atoms with Crippen molar-refractivity contribution in [2.45, 2.75) is 47.6 Å². The molecule has 0 amide bonds. The first kappa shape index (κ1) is 35.4. The van der Waals surface area contributed by atoms with E-state index in [9.17, 15) is 42.2 Å². The number of sulfonamides is 2. The van der Waals surface area contributed by atoms with E-state index in [1.807, 2.05) is 36.4 Å². The van der Waals surface area contributed by atoms with Crippen LogP contribution in [0.2, 0.25) is 0 Å². The van der Waals surface area contributed by atoms with Crippen molar-refractivity contribution in [1.29, 1.82) is 0 Å². The normalized spacial score (nSPS) is 19.3. The van der Waals surface area contributed by atoms with Crippen LogP contribution in [0.4, 0.5) is 11.4 Å². The molecule has 0 heterocycles. The van der Waals surface area contributed by atoms with Crippen LogP contribution in [0.25, 0.3) is 0 Å². The average molecular weight is 733 g/mol. The number of terminal acetylenes is 2. The number of aliphatic hydroxyl groups is 1. The zero-order chi connectivity index (χ0) is 39.0. The molecule has 4 aromatic carbocycles. The first-order chi connectivity index (χ1) is 25.0. The highest BCUT2D eigenvalue weighted by molar-refractivity contribution is 7.89. The molecule has 2 aliphatic carbocycles. The van der Waals surface area contributed by atoms with Crippen LogP contribution >= 0.6 is 0 Å². The molecular weight excluding hydrogens is 697 g/mol. The first-order valence-corrected chi connectivity index (χ1v) is 18.2. The van der Waals surface area contributed by atoms with E-state index in [1.165, 1.54) is 12.1 Å². The lowest BCUT2D eigenvalue weighted by molar-refractivity contribution is -0.385. The lowest BCUT2D eigenvalue weighted by atomic mass is 10.1. The quantitative estimate of drug-likeness (QED) is 0.134. The first-order valence-electron chi connectivity index (χ1n) is 16.3. The third-order valence-corrected chi connectivity index (χ3v) is 11.0. The fourth-order valence-corrected chi connectivity index (χ4v) is 7.71. The van der Waals surface area contributed by atoms with Gasteiger partial charge in [-0.2, -0.15) is 9.03 Å². The second-order valence-electron chi connectivity index (χ2n) is 11.0. The van der Waals surface area contributed by atoms with Crippen molar-refractivity contribution in [1.82, 2.24) is 9.03 Å². The Hall–Kier alpha value is -5.42. The van der Waals surface area contributed by atoms with Crippen LogP contribution in [0.5, 0.6) is 0 Å². The Morgan fingerprint density at radius 2 is 1.25 bits per heavy atom. The van der Waals surface area contributed by atoms with E-state index in [1.54, 1.807) is 12.1 Å². The molecule has 0 saturated heterocycles. The highest BCUT2D eigenvalue weighted by atomic mass is 32.2. The van der Waals surface area contributed by atoms with Gasteiger partial charge in [0.1, 0.15) is 0 Å². The van der Waals surface area contributed by atoms with Crippen LogP contribution in [0.15, 0.2) is 107 Å². The number of benzene rings is 4. The molecule has 0 radical (unpaired) electrons. The molecule has 51 heavy (non-hydrogen) atoms. The molecule has 2 unspecified atom stereocenters. The van der Waals surface area contributed by atoms with Crippen molar-refractivity contribution < 1.29 is 34.5 Å². The molecule has 0 aliphatic heterocycles. The van der Waals surface area contributed by atoms with Gasteiger partial charge in [0, 0.05) is 24.3 Å². The number of aryl methyl sites for hydroxylation is 2. The zero-order valence-corrected chi connectivity index (χ0v) is 28.6. The molecule has 6 rings (SSSR count). The number of rotatable bonds is 9. The summed E-state index contributed by atoms with van der Waals surface area (Å²) in [7, 11) is -7.79. The Bertz CT molecular complexity index is 2290. The van der Waals surface area contributed by atoms with Gasteiger partial charge in [0.05, 0.1) is 47.6 Å². The minimum absolute atomic E-state index is 0.0617. The molecule has 0 aromatic heterocycles. The molecule has 2 N–H and O–H groups in total. The van der Waals surface area contributed by atoms with Crippen LogP contribution in [-0.4, -0.2) is 49.2 Å². The van der Waals surface area contributed by atoms with Crippen LogP contribution in [-0.2, 0) is 32.9 Å². The number of nitrogens with zero attached hydrogens (tertiary/aromatic N) is 3. The van der Waals surface area contributed by atoms with Gasteiger partial charge < -0.3 is 5.11 Å². The molecule has 2 aliphatic rings. The molecule has 0 fully saturated rings. The second-order valence-corrected chi connectivity index (χ2v) is 14.6. The fourth-order valence-electron chi connectivity index (χ4n) is 5.32. The number of hydrogen-bond donors (Lipinski definition) is 2. The molecule has 264 valence electrons. The number of fused-ring (bicyclic) bond motifs is 2. The number of nitrogens with one attached hydrogen (secondary N) is 1. The summed E-state index contributed by atoms with van der Waals surface area (Å²) in [6.07, 6.45) is 11.2. The smallest absolute Gasteiger partial charge is 0.269 e.